The predicted molar refractivity (Wildman–Crippen MR) is 55.4 cm³/mol. The molecule has 1 fully saturated rings. The van der Waals surface area contributed by atoms with Crippen LogP contribution in [-0.4, -0.2) is 31.2 Å². The lowest BCUT2D eigenvalue weighted by molar-refractivity contribution is 0.0594. The van der Waals surface area contributed by atoms with Crippen molar-refractivity contribution >= 4 is 0 Å². The van der Waals surface area contributed by atoms with Gasteiger partial charge in [0.05, 0.1) is 19.3 Å². The maximum absolute atomic E-state index is 8.22. The van der Waals surface area contributed by atoms with Crippen LogP contribution in [0.5, 0.6) is 0 Å². The SMILES string of the molecule is N#C/C=C/C=C/C=C/N1CCOCC1. The fraction of sp³-hybridized carbons (Fsp3) is 0.364. The molecule has 0 aliphatic carbocycles. The Morgan fingerprint density at radius 3 is 2.50 bits per heavy atom. The Morgan fingerprint density at radius 2 is 1.79 bits per heavy atom. The van der Waals surface area contributed by atoms with Crippen LogP contribution in [-0.2, 0) is 4.74 Å². The van der Waals surface area contributed by atoms with Gasteiger partial charge in [-0.2, -0.15) is 5.26 Å². The second-order valence-electron chi connectivity index (χ2n) is 2.86. The zero-order valence-electron chi connectivity index (χ0n) is 8.10. The van der Waals surface area contributed by atoms with Gasteiger partial charge in [-0.1, -0.05) is 18.2 Å². The summed E-state index contributed by atoms with van der Waals surface area (Å²) >= 11 is 0. The van der Waals surface area contributed by atoms with Crippen LogP contribution in [0.1, 0.15) is 0 Å². The van der Waals surface area contributed by atoms with Crippen molar-refractivity contribution in [1.82, 2.24) is 4.90 Å². The van der Waals surface area contributed by atoms with E-state index in [2.05, 4.69) is 4.90 Å². The molecule has 0 unspecified atom stereocenters. The minimum absolute atomic E-state index is 0.808. The van der Waals surface area contributed by atoms with Gasteiger partial charge < -0.3 is 9.64 Å². The number of ether oxygens (including phenoxy) is 1. The van der Waals surface area contributed by atoms with Crippen LogP contribution in [0.15, 0.2) is 36.6 Å². The molecule has 0 aromatic carbocycles. The average Bonchev–Trinajstić information content (AvgIpc) is 2.25. The van der Waals surface area contributed by atoms with Crippen molar-refractivity contribution in [2.75, 3.05) is 26.3 Å². The summed E-state index contributed by atoms with van der Waals surface area (Å²) in [5.41, 5.74) is 0. The summed E-state index contributed by atoms with van der Waals surface area (Å²) in [6.07, 6.45) is 10.9. The fourth-order valence-corrected chi connectivity index (χ4v) is 1.12. The first-order valence-corrected chi connectivity index (χ1v) is 4.65. The van der Waals surface area contributed by atoms with Gasteiger partial charge in [0.15, 0.2) is 0 Å². The molecular weight excluding hydrogens is 176 g/mol. The van der Waals surface area contributed by atoms with Crippen LogP contribution in [0.3, 0.4) is 0 Å². The van der Waals surface area contributed by atoms with E-state index >= 15 is 0 Å². The minimum Gasteiger partial charge on any atom is -0.378 e. The van der Waals surface area contributed by atoms with Gasteiger partial charge >= 0.3 is 0 Å². The zero-order valence-corrected chi connectivity index (χ0v) is 8.10. The predicted octanol–water partition coefficient (Wildman–Crippen LogP) is 1.47. The summed E-state index contributed by atoms with van der Waals surface area (Å²) in [6.45, 7) is 3.53. The topological polar surface area (TPSA) is 36.3 Å². The number of allylic oxidation sites excluding steroid dienone is 5. The van der Waals surface area contributed by atoms with E-state index in [-0.39, 0.29) is 0 Å². The van der Waals surface area contributed by atoms with Gasteiger partial charge in [-0.05, 0) is 12.3 Å². The Kier molecular flexibility index (Phi) is 5.22. The number of nitriles is 1. The van der Waals surface area contributed by atoms with Gasteiger partial charge in [0.1, 0.15) is 0 Å². The molecular formula is C11H14N2O. The van der Waals surface area contributed by atoms with Gasteiger partial charge in [-0.3, -0.25) is 0 Å². The fourth-order valence-electron chi connectivity index (χ4n) is 1.12. The Hall–Kier alpha value is -1.53. The Balaban J connectivity index is 2.22. The van der Waals surface area contributed by atoms with E-state index in [0.29, 0.717) is 0 Å². The second-order valence-corrected chi connectivity index (χ2v) is 2.86. The largest absolute Gasteiger partial charge is 0.378 e. The van der Waals surface area contributed by atoms with E-state index in [4.69, 9.17) is 10.00 Å². The number of hydrogen-bond acceptors (Lipinski definition) is 3. The molecule has 0 N–H and O–H groups in total. The van der Waals surface area contributed by atoms with Crippen LogP contribution < -0.4 is 0 Å². The maximum Gasteiger partial charge on any atom is 0.0912 e. The summed E-state index contributed by atoms with van der Waals surface area (Å²) in [7, 11) is 0. The van der Waals surface area contributed by atoms with Crippen molar-refractivity contribution in [2.24, 2.45) is 0 Å². The third kappa shape index (κ3) is 4.48. The van der Waals surface area contributed by atoms with E-state index in [1.165, 1.54) is 6.08 Å². The van der Waals surface area contributed by atoms with E-state index in [9.17, 15) is 0 Å². The maximum atomic E-state index is 8.22. The Labute approximate surface area is 84.6 Å². The lowest BCUT2D eigenvalue weighted by Gasteiger charge is -2.24. The van der Waals surface area contributed by atoms with Crippen molar-refractivity contribution in [3.8, 4) is 6.07 Å². The van der Waals surface area contributed by atoms with Crippen LogP contribution in [0.2, 0.25) is 0 Å². The van der Waals surface area contributed by atoms with Gasteiger partial charge in [-0.15, -0.1) is 0 Å². The molecule has 0 aromatic heterocycles. The van der Waals surface area contributed by atoms with Crippen molar-refractivity contribution in [2.45, 2.75) is 0 Å². The molecule has 0 aromatic rings. The van der Waals surface area contributed by atoms with Gasteiger partial charge in [0, 0.05) is 19.2 Å². The lowest BCUT2D eigenvalue weighted by atomic mass is 10.4. The molecule has 0 atom stereocenters. The molecule has 74 valence electrons. The highest BCUT2D eigenvalue weighted by atomic mass is 16.5. The number of rotatable bonds is 3. The number of morpholine rings is 1. The average molecular weight is 190 g/mol. The molecule has 0 amide bonds. The summed E-state index contributed by atoms with van der Waals surface area (Å²) in [5, 5.41) is 8.22. The van der Waals surface area contributed by atoms with Crippen molar-refractivity contribution in [3.63, 3.8) is 0 Å². The van der Waals surface area contributed by atoms with Crippen molar-refractivity contribution < 1.29 is 4.74 Å². The Morgan fingerprint density at radius 1 is 1.07 bits per heavy atom. The zero-order chi connectivity index (χ0) is 10.1. The smallest absolute Gasteiger partial charge is 0.0912 e. The third-order valence-corrected chi connectivity index (χ3v) is 1.85. The van der Waals surface area contributed by atoms with Crippen LogP contribution in [0.4, 0.5) is 0 Å². The molecule has 1 heterocycles. The van der Waals surface area contributed by atoms with E-state index in [1.54, 1.807) is 6.08 Å². The molecule has 1 aliphatic heterocycles. The minimum atomic E-state index is 0.808. The second kappa shape index (κ2) is 6.93. The van der Waals surface area contributed by atoms with Crippen LogP contribution >= 0.6 is 0 Å². The van der Waals surface area contributed by atoms with Crippen molar-refractivity contribution in [3.05, 3.63) is 36.6 Å². The first-order chi connectivity index (χ1) is 6.93. The molecule has 3 heteroatoms. The van der Waals surface area contributed by atoms with Crippen molar-refractivity contribution in [1.29, 1.82) is 5.26 Å². The molecule has 1 rings (SSSR count). The highest BCUT2D eigenvalue weighted by molar-refractivity contribution is 5.15. The monoisotopic (exact) mass is 190 g/mol. The molecule has 1 aliphatic rings. The first kappa shape index (κ1) is 10.6. The van der Waals surface area contributed by atoms with Crippen LogP contribution in [0.25, 0.3) is 0 Å². The molecule has 3 nitrogen and oxygen atoms in total. The van der Waals surface area contributed by atoms with Gasteiger partial charge in [0.25, 0.3) is 0 Å². The number of hydrogen-bond donors (Lipinski definition) is 0. The molecule has 0 spiro atoms. The van der Waals surface area contributed by atoms with Gasteiger partial charge in [-0.25, -0.2) is 0 Å². The highest BCUT2D eigenvalue weighted by Crippen LogP contribution is 1.97. The van der Waals surface area contributed by atoms with Crippen LogP contribution in [0, 0.1) is 11.3 Å². The summed E-state index contributed by atoms with van der Waals surface area (Å²) in [5.74, 6) is 0. The number of nitrogens with zero attached hydrogens (tertiary/aromatic N) is 2. The highest BCUT2D eigenvalue weighted by Gasteiger charge is 2.03. The van der Waals surface area contributed by atoms with E-state index in [1.807, 2.05) is 30.5 Å². The summed E-state index contributed by atoms with van der Waals surface area (Å²) < 4.78 is 5.22. The summed E-state index contributed by atoms with van der Waals surface area (Å²) in [6, 6.07) is 1.93. The van der Waals surface area contributed by atoms with E-state index < -0.39 is 0 Å². The lowest BCUT2D eigenvalue weighted by Crippen LogP contribution is -2.31. The molecule has 14 heavy (non-hydrogen) atoms. The molecule has 0 radical (unpaired) electrons. The standard InChI is InChI=1S/C11H14N2O/c12-6-4-2-1-3-5-7-13-8-10-14-11-9-13/h1-5,7H,8-11H2/b3-1+,4-2+,7-5+. The first-order valence-electron chi connectivity index (χ1n) is 4.65. The molecule has 0 saturated carbocycles. The quantitative estimate of drug-likeness (QED) is 0.499. The molecule has 1 saturated heterocycles. The third-order valence-electron chi connectivity index (χ3n) is 1.85. The summed E-state index contributed by atoms with van der Waals surface area (Å²) in [4.78, 5) is 2.21. The molecule has 0 bridgehead atoms. The van der Waals surface area contributed by atoms with Gasteiger partial charge in [0.2, 0.25) is 0 Å². The normalized spacial score (nSPS) is 18.4. The Bertz CT molecular complexity index is 268. The van der Waals surface area contributed by atoms with E-state index in [0.717, 1.165) is 26.3 Å².